The molecular weight excluding hydrogens is 202 g/mol. The molecule has 0 spiro atoms. The van der Waals surface area contributed by atoms with Gasteiger partial charge in [0.1, 0.15) is 0 Å². The molecule has 0 saturated heterocycles. The van der Waals surface area contributed by atoms with Crippen LogP contribution >= 0.6 is 0 Å². The van der Waals surface area contributed by atoms with Gasteiger partial charge in [-0.3, -0.25) is 4.79 Å². The van der Waals surface area contributed by atoms with Crippen LogP contribution in [0.25, 0.3) is 5.52 Å². The predicted molar refractivity (Wildman–Crippen MR) is 62.4 cm³/mol. The van der Waals surface area contributed by atoms with Crippen molar-refractivity contribution < 1.29 is 4.79 Å². The van der Waals surface area contributed by atoms with Gasteiger partial charge in [0.25, 0.3) is 0 Å². The molecule has 0 atom stereocenters. The second-order valence-electron chi connectivity index (χ2n) is 3.95. The predicted octanol–water partition coefficient (Wildman–Crippen LogP) is 2.29. The van der Waals surface area contributed by atoms with E-state index in [0.29, 0.717) is 5.56 Å². The van der Waals surface area contributed by atoms with Crippen molar-refractivity contribution in [1.82, 2.24) is 9.61 Å². The van der Waals surface area contributed by atoms with Crippen LogP contribution in [0.5, 0.6) is 0 Å². The largest absolute Gasteiger partial charge is 0.305 e. The molecule has 0 aliphatic rings. The number of hydrogen-bond acceptors (Lipinski definition) is 3. The average molecular weight is 215 g/mol. The normalized spacial score (nSPS) is 10.9. The first kappa shape index (κ1) is 10.5. The molecule has 0 unspecified atom stereocenters. The number of nitrogens with one attached hydrogen (secondary N) is 1. The molecule has 0 saturated carbocycles. The van der Waals surface area contributed by atoms with Gasteiger partial charge >= 0.3 is 0 Å². The topological polar surface area (TPSA) is 58.2 Å². The number of Topliss-reactive ketones (excluding diaryl/α,β-unsaturated/α-hetero) is 1. The first-order chi connectivity index (χ1) is 7.65. The van der Waals surface area contributed by atoms with Crippen molar-refractivity contribution in [2.45, 2.75) is 19.8 Å². The van der Waals surface area contributed by atoms with Gasteiger partial charge in [-0.25, -0.2) is 4.52 Å². The highest BCUT2D eigenvalue weighted by molar-refractivity contribution is 6.36. The summed E-state index contributed by atoms with van der Waals surface area (Å²) in [6, 6.07) is 5.57. The monoisotopic (exact) mass is 215 g/mol. The molecule has 0 bridgehead atoms. The van der Waals surface area contributed by atoms with E-state index in [0.717, 1.165) is 17.4 Å². The Balaban J connectivity index is 2.79. The molecule has 2 rings (SSSR count). The Bertz CT molecular complexity index is 554. The number of pyridine rings is 1. The zero-order valence-corrected chi connectivity index (χ0v) is 9.27. The fraction of sp³-hybridized carbons (Fsp3) is 0.250. The zero-order chi connectivity index (χ0) is 11.7. The molecule has 1 N–H and O–H groups in total. The summed E-state index contributed by atoms with van der Waals surface area (Å²) in [5, 5.41) is 11.5. The average Bonchev–Trinajstić information content (AvgIpc) is 2.67. The summed E-state index contributed by atoms with van der Waals surface area (Å²) in [5.41, 5.74) is 2.06. The molecule has 0 aliphatic heterocycles. The minimum atomic E-state index is -0.287. The summed E-state index contributed by atoms with van der Waals surface area (Å²) in [5.74, 6) is -0.122. The molecule has 16 heavy (non-hydrogen) atoms. The van der Waals surface area contributed by atoms with Crippen molar-refractivity contribution >= 4 is 17.5 Å². The second kappa shape index (κ2) is 3.89. The van der Waals surface area contributed by atoms with Crippen LogP contribution in [0.3, 0.4) is 0 Å². The van der Waals surface area contributed by atoms with Crippen LogP contribution in [0.2, 0.25) is 0 Å². The summed E-state index contributed by atoms with van der Waals surface area (Å²) >= 11 is 0. The molecule has 2 heterocycles. The number of hydrogen-bond donors (Lipinski definition) is 1. The van der Waals surface area contributed by atoms with E-state index in [1.54, 1.807) is 4.52 Å². The molecule has 4 heteroatoms. The molecule has 2 aromatic rings. The Morgan fingerprint density at radius 1 is 1.50 bits per heavy atom. The summed E-state index contributed by atoms with van der Waals surface area (Å²) < 4.78 is 1.69. The maximum Gasteiger partial charge on any atom is 0.207 e. The van der Waals surface area contributed by atoms with Gasteiger partial charge in [-0.2, -0.15) is 5.10 Å². The lowest BCUT2D eigenvalue weighted by Crippen LogP contribution is -2.04. The van der Waals surface area contributed by atoms with E-state index in [4.69, 9.17) is 5.41 Å². The molecule has 0 radical (unpaired) electrons. The van der Waals surface area contributed by atoms with Crippen molar-refractivity contribution in [2.75, 3.05) is 0 Å². The van der Waals surface area contributed by atoms with E-state index in [1.807, 2.05) is 38.2 Å². The summed E-state index contributed by atoms with van der Waals surface area (Å²) in [7, 11) is 0. The highest BCUT2D eigenvalue weighted by Gasteiger charge is 2.19. The van der Waals surface area contributed by atoms with Crippen LogP contribution in [0.15, 0.2) is 24.4 Å². The smallest absolute Gasteiger partial charge is 0.207 e. The number of ketones is 1. The first-order valence-electron chi connectivity index (χ1n) is 5.17. The molecule has 0 aliphatic carbocycles. The third-order valence-corrected chi connectivity index (χ3v) is 2.49. The Hall–Kier alpha value is -1.97. The summed E-state index contributed by atoms with van der Waals surface area (Å²) in [6.07, 6.45) is 2.65. The van der Waals surface area contributed by atoms with E-state index in [1.165, 1.54) is 0 Å². The summed E-state index contributed by atoms with van der Waals surface area (Å²) in [6.45, 7) is 3.98. The number of rotatable bonds is 3. The Morgan fingerprint density at radius 3 is 2.88 bits per heavy atom. The van der Waals surface area contributed by atoms with Crippen LogP contribution in [0, 0.1) is 5.41 Å². The highest BCUT2D eigenvalue weighted by atomic mass is 16.1. The van der Waals surface area contributed by atoms with Crippen LogP contribution in [0.1, 0.15) is 35.8 Å². The van der Waals surface area contributed by atoms with Crippen molar-refractivity contribution in [1.29, 1.82) is 5.41 Å². The van der Waals surface area contributed by atoms with Gasteiger partial charge in [0.2, 0.25) is 5.78 Å². The molecule has 4 nitrogen and oxygen atoms in total. The van der Waals surface area contributed by atoms with E-state index < -0.39 is 0 Å². The molecule has 0 fully saturated rings. The number of carbonyl (C=O) groups is 1. The highest BCUT2D eigenvalue weighted by Crippen LogP contribution is 2.22. The lowest BCUT2D eigenvalue weighted by Gasteiger charge is -2.01. The fourth-order valence-corrected chi connectivity index (χ4v) is 1.75. The third-order valence-electron chi connectivity index (χ3n) is 2.49. The second-order valence-corrected chi connectivity index (χ2v) is 3.95. The van der Waals surface area contributed by atoms with Gasteiger partial charge in [0, 0.05) is 6.20 Å². The number of carbonyl (C=O) groups excluding carboxylic acids is 1. The van der Waals surface area contributed by atoms with Crippen LogP contribution < -0.4 is 0 Å². The minimum Gasteiger partial charge on any atom is -0.305 e. The molecule has 0 amide bonds. The Labute approximate surface area is 93.4 Å². The van der Waals surface area contributed by atoms with Crippen molar-refractivity contribution in [3.05, 3.63) is 35.7 Å². The van der Waals surface area contributed by atoms with E-state index >= 15 is 0 Å². The lowest BCUT2D eigenvalue weighted by atomic mass is 10.0. The Kier molecular flexibility index (Phi) is 2.56. The van der Waals surface area contributed by atoms with Crippen LogP contribution in [-0.2, 0) is 0 Å². The number of nitrogens with zero attached hydrogens (tertiary/aromatic N) is 2. The molecule has 2 aromatic heterocycles. The van der Waals surface area contributed by atoms with Crippen molar-refractivity contribution in [3.8, 4) is 0 Å². The summed E-state index contributed by atoms with van der Waals surface area (Å²) in [4.78, 5) is 11.7. The van der Waals surface area contributed by atoms with E-state index in [2.05, 4.69) is 5.10 Å². The fourth-order valence-electron chi connectivity index (χ4n) is 1.75. The van der Waals surface area contributed by atoms with Gasteiger partial charge in [0.15, 0.2) is 0 Å². The standard InChI is InChI=1S/C12H13N3O/c1-8(2)12-11(10(16)7-13)9-5-3-4-6-15(9)14-12/h3-8,13H,1-2H3. The van der Waals surface area contributed by atoms with Gasteiger partial charge in [-0.1, -0.05) is 19.9 Å². The van der Waals surface area contributed by atoms with Gasteiger partial charge < -0.3 is 5.41 Å². The van der Waals surface area contributed by atoms with Gasteiger partial charge in [0.05, 0.1) is 23.0 Å². The first-order valence-corrected chi connectivity index (χ1v) is 5.17. The third kappa shape index (κ3) is 1.52. The quantitative estimate of drug-likeness (QED) is 0.630. The van der Waals surface area contributed by atoms with Gasteiger partial charge in [-0.05, 0) is 18.1 Å². The minimum absolute atomic E-state index is 0.166. The molecular formula is C12H13N3O. The zero-order valence-electron chi connectivity index (χ0n) is 9.27. The van der Waals surface area contributed by atoms with E-state index in [-0.39, 0.29) is 11.7 Å². The molecule has 82 valence electrons. The maximum absolute atomic E-state index is 11.7. The molecule has 0 aromatic carbocycles. The van der Waals surface area contributed by atoms with Gasteiger partial charge in [-0.15, -0.1) is 0 Å². The SMILES string of the molecule is CC(C)c1nn2ccccc2c1C(=O)C=N. The van der Waals surface area contributed by atoms with Crippen LogP contribution in [-0.4, -0.2) is 21.6 Å². The van der Waals surface area contributed by atoms with Crippen molar-refractivity contribution in [2.24, 2.45) is 0 Å². The maximum atomic E-state index is 11.7. The Morgan fingerprint density at radius 2 is 2.25 bits per heavy atom. The number of aromatic nitrogens is 2. The van der Waals surface area contributed by atoms with Crippen LogP contribution in [0.4, 0.5) is 0 Å². The van der Waals surface area contributed by atoms with E-state index in [9.17, 15) is 4.79 Å². The van der Waals surface area contributed by atoms with Crippen molar-refractivity contribution in [3.63, 3.8) is 0 Å². The lowest BCUT2D eigenvalue weighted by molar-refractivity contribution is 0.107. The number of fused-ring (bicyclic) bond motifs is 1.